The molecule has 124 valence electrons. The largest absolute Gasteiger partial charge is 0.496 e. The lowest BCUT2D eigenvalue weighted by atomic mass is 10.1. The van der Waals surface area contributed by atoms with E-state index in [9.17, 15) is 4.79 Å². The van der Waals surface area contributed by atoms with Gasteiger partial charge in [0.05, 0.1) is 31.2 Å². The Bertz CT molecular complexity index is 827. The molecule has 0 radical (unpaired) electrons. The van der Waals surface area contributed by atoms with Crippen LogP contribution in [0.2, 0.25) is 0 Å². The zero-order valence-electron chi connectivity index (χ0n) is 13.4. The smallest absolute Gasteiger partial charge is 0.191 e. The first-order chi connectivity index (χ1) is 11.7. The first-order valence-electron chi connectivity index (χ1n) is 7.38. The lowest BCUT2D eigenvalue weighted by Gasteiger charge is -2.08. The Balaban J connectivity index is 1.69. The number of furan rings is 1. The Morgan fingerprint density at radius 3 is 3.00 bits per heavy atom. The number of hydrogen-bond acceptors (Lipinski definition) is 6. The van der Waals surface area contributed by atoms with Gasteiger partial charge in [0.15, 0.2) is 10.9 Å². The number of ketones is 1. The number of thioether (sulfide) groups is 1. The van der Waals surface area contributed by atoms with Crippen molar-refractivity contribution in [1.29, 1.82) is 0 Å². The molecule has 2 aromatic heterocycles. The van der Waals surface area contributed by atoms with Crippen molar-refractivity contribution in [1.82, 2.24) is 14.8 Å². The van der Waals surface area contributed by atoms with Crippen molar-refractivity contribution in [3.8, 4) is 5.75 Å². The highest BCUT2D eigenvalue weighted by atomic mass is 32.2. The minimum atomic E-state index is -0.00639. The predicted molar refractivity (Wildman–Crippen MR) is 90.6 cm³/mol. The molecule has 3 aromatic rings. The van der Waals surface area contributed by atoms with Crippen LogP contribution in [0.4, 0.5) is 0 Å². The fourth-order valence-corrected chi connectivity index (χ4v) is 3.08. The van der Waals surface area contributed by atoms with Crippen molar-refractivity contribution >= 4 is 17.5 Å². The third kappa shape index (κ3) is 3.68. The van der Waals surface area contributed by atoms with Gasteiger partial charge in [-0.25, -0.2) is 0 Å². The molecule has 0 saturated heterocycles. The minimum Gasteiger partial charge on any atom is -0.496 e. The van der Waals surface area contributed by atoms with Gasteiger partial charge < -0.3 is 13.7 Å². The lowest BCUT2D eigenvalue weighted by molar-refractivity contribution is 0.101. The number of hydrogen-bond donors (Lipinski definition) is 0. The number of methoxy groups -OCH3 is 1. The molecule has 0 fully saturated rings. The van der Waals surface area contributed by atoms with Crippen LogP contribution in [0.1, 0.15) is 21.7 Å². The summed E-state index contributed by atoms with van der Waals surface area (Å²) in [5, 5.41) is 8.66. The van der Waals surface area contributed by atoms with Crippen molar-refractivity contribution in [3.05, 3.63) is 59.8 Å². The molecule has 2 heterocycles. The van der Waals surface area contributed by atoms with Crippen LogP contribution in [0.25, 0.3) is 0 Å². The summed E-state index contributed by atoms with van der Waals surface area (Å²) >= 11 is 1.35. The molecule has 0 saturated carbocycles. The third-order valence-corrected chi connectivity index (χ3v) is 4.45. The van der Waals surface area contributed by atoms with Crippen LogP contribution in [-0.2, 0) is 6.54 Å². The normalized spacial score (nSPS) is 10.8. The summed E-state index contributed by atoms with van der Waals surface area (Å²) in [6, 6.07) is 9.29. The monoisotopic (exact) mass is 343 g/mol. The Morgan fingerprint density at radius 2 is 2.25 bits per heavy atom. The number of carbonyl (C=O) groups is 1. The highest BCUT2D eigenvalue weighted by Crippen LogP contribution is 2.24. The fraction of sp³-hybridized carbons (Fsp3) is 0.235. The molecule has 0 aliphatic carbocycles. The maximum absolute atomic E-state index is 12.5. The van der Waals surface area contributed by atoms with Gasteiger partial charge >= 0.3 is 0 Å². The second-order valence-corrected chi connectivity index (χ2v) is 6.18. The Labute approximate surface area is 143 Å². The average Bonchev–Trinajstić information content (AvgIpc) is 3.25. The average molecular weight is 343 g/mol. The topological polar surface area (TPSA) is 70.2 Å². The van der Waals surface area contributed by atoms with E-state index in [1.165, 1.54) is 11.8 Å². The van der Waals surface area contributed by atoms with Gasteiger partial charge in [0.2, 0.25) is 0 Å². The minimum absolute atomic E-state index is 0.00639. The molecule has 0 amide bonds. The van der Waals surface area contributed by atoms with E-state index in [-0.39, 0.29) is 11.5 Å². The second-order valence-electron chi connectivity index (χ2n) is 5.24. The van der Waals surface area contributed by atoms with Crippen molar-refractivity contribution in [2.45, 2.75) is 18.6 Å². The number of benzene rings is 1. The lowest BCUT2D eigenvalue weighted by Crippen LogP contribution is -2.07. The van der Waals surface area contributed by atoms with Gasteiger partial charge in [-0.2, -0.15) is 0 Å². The van der Waals surface area contributed by atoms with E-state index in [1.807, 2.05) is 41.8 Å². The van der Waals surface area contributed by atoms with Gasteiger partial charge in [-0.05, 0) is 31.2 Å². The maximum atomic E-state index is 12.5. The van der Waals surface area contributed by atoms with E-state index in [1.54, 1.807) is 19.7 Å². The summed E-state index contributed by atoms with van der Waals surface area (Å²) in [5.74, 6) is 1.65. The Morgan fingerprint density at radius 1 is 1.38 bits per heavy atom. The highest BCUT2D eigenvalue weighted by Gasteiger charge is 2.15. The number of Topliss-reactive ketones (excluding diaryl/α,β-unsaturated/α-hetero) is 1. The zero-order chi connectivity index (χ0) is 16.9. The van der Waals surface area contributed by atoms with Gasteiger partial charge in [0, 0.05) is 0 Å². The molecule has 3 rings (SSSR count). The number of rotatable bonds is 7. The number of nitrogens with zero attached hydrogens (tertiary/aromatic N) is 3. The van der Waals surface area contributed by atoms with Crippen molar-refractivity contribution in [2.24, 2.45) is 0 Å². The number of aromatic nitrogens is 3. The molecule has 0 aliphatic rings. The van der Waals surface area contributed by atoms with Crippen molar-refractivity contribution in [2.75, 3.05) is 12.9 Å². The highest BCUT2D eigenvalue weighted by molar-refractivity contribution is 7.99. The number of carbonyl (C=O) groups excluding carboxylic acids is 1. The summed E-state index contributed by atoms with van der Waals surface area (Å²) in [7, 11) is 1.56. The first kappa shape index (κ1) is 16.3. The van der Waals surface area contributed by atoms with Crippen LogP contribution in [0.15, 0.2) is 52.5 Å². The Kier molecular flexibility index (Phi) is 5.00. The van der Waals surface area contributed by atoms with Crippen LogP contribution in [0, 0.1) is 6.92 Å². The summed E-state index contributed by atoms with van der Waals surface area (Å²) in [4.78, 5) is 12.5. The first-order valence-corrected chi connectivity index (χ1v) is 8.37. The standard InChI is InChI=1S/C17H17N3O3S/c1-12-5-6-16(22-2)14(8-12)15(21)10-24-17-19-18-11-20(17)9-13-4-3-7-23-13/h3-8,11H,9-10H2,1-2H3. The predicted octanol–water partition coefficient (Wildman–Crippen LogP) is 3.21. The van der Waals surface area contributed by atoms with Crippen LogP contribution in [-0.4, -0.2) is 33.4 Å². The van der Waals surface area contributed by atoms with Gasteiger partial charge in [0.1, 0.15) is 17.8 Å². The van der Waals surface area contributed by atoms with E-state index in [0.29, 0.717) is 23.0 Å². The van der Waals surface area contributed by atoms with E-state index in [4.69, 9.17) is 9.15 Å². The summed E-state index contributed by atoms with van der Waals surface area (Å²) in [5.41, 5.74) is 1.60. The molecule has 0 spiro atoms. The van der Waals surface area contributed by atoms with Gasteiger partial charge in [-0.15, -0.1) is 10.2 Å². The molecule has 0 bridgehead atoms. The van der Waals surface area contributed by atoms with E-state index in [0.717, 1.165) is 11.3 Å². The number of ether oxygens (including phenoxy) is 1. The SMILES string of the molecule is COc1ccc(C)cc1C(=O)CSc1nncn1Cc1ccco1. The van der Waals surface area contributed by atoms with Gasteiger partial charge in [0.25, 0.3) is 0 Å². The summed E-state index contributed by atoms with van der Waals surface area (Å²) in [6.45, 7) is 2.48. The van der Waals surface area contributed by atoms with Crippen LogP contribution in [0.3, 0.4) is 0 Å². The van der Waals surface area contributed by atoms with Gasteiger partial charge in [-0.1, -0.05) is 23.4 Å². The van der Waals surface area contributed by atoms with Crippen LogP contribution >= 0.6 is 11.8 Å². The molecule has 24 heavy (non-hydrogen) atoms. The molecule has 7 heteroatoms. The molecule has 1 aromatic carbocycles. The molecule has 0 unspecified atom stereocenters. The second kappa shape index (κ2) is 7.35. The number of aryl methyl sites for hydroxylation is 1. The van der Waals surface area contributed by atoms with E-state index >= 15 is 0 Å². The van der Waals surface area contributed by atoms with E-state index in [2.05, 4.69) is 10.2 Å². The molecular weight excluding hydrogens is 326 g/mol. The molecular formula is C17H17N3O3S. The van der Waals surface area contributed by atoms with Crippen molar-refractivity contribution in [3.63, 3.8) is 0 Å². The fourth-order valence-electron chi connectivity index (χ4n) is 2.28. The molecule has 0 aliphatic heterocycles. The summed E-state index contributed by atoms with van der Waals surface area (Å²) < 4.78 is 12.5. The van der Waals surface area contributed by atoms with Gasteiger partial charge in [-0.3, -0.25) is 4.79 Å². The zero-order valence-corrected chi connectivity index (χ0v) is 14.2. The quantitative estimate of drug-likeness (QED) is 0.485. The molecule has 0 N–H and O–H groups in total. The van der Waals surface area contributed by atoms with E-state index < -0.39 is 0 Å². The van der Waals surface area contributed by atoms with Crippen molar-refractivity contribution < 1.29 is 13.9 Å². The van der Waals surface area contributed by atoms with Crippen LogP contribution < -0.4 is 4.74 Å². The molecule has 0 atom stereocenters. The Hall–Kier alpha value is -2.54. The van der Waals surface area contributed by atoms with Crippen LogP contribution in [0.5, 0.6) is 5.75 Å². The third-order valence-electron chi connectivity index (χ3n) is 3.47. The maximum Gasteiger partial charge on any atom is 0.191 e. The summed E-state index contributed by atoms with van der Waals surface area (Å²) in [6.07, 6.45) is 3.25. The molecule has 6 nitrogen and oxygen atoms in total.